The van der Waals surface area contributed by atoms with Gasteiger partial charge in [0.1, 0.15) is 11.4 Å². The van der Waals surface area contributed by atoms with Gasteiger partial charge < -0.3 is 9.47 Å². The number of halogens is 3. The molecule has 2 saturated heterocycles. The van der Waals surface area contributed by atoms with Gasteiger partial charge in [-0.05, 0) is 64.8 Å². The zero-order valence-electron chi connectivity index (χ0n) is 17.9. The summed E-state index contributed by atoms with van der Waals surface area (Å²) in [4.78, 5) is 12.1. The van der Waals surface area contributed by atoms with Gasteiger partial charge in [0.25, 0.3) is 6.47 Å². The Bertz CT molecular complexity index is 865. The molecule has 1 aromatic heterocycles. The van der Waals surface area contributed by atoms with Crippen LogP contribution in [-0.4, -0.2) is 52.7 Å². The Morgan fingerprint density at radius 1 is 1.23 bits per heavy atom. The van der Waals surface area contributed by atoms with E-state index in [4.69, 9.17) is 0 Å². The topological polar surface area (TPSA) is 67.5 Å². The number of carbonyl (C=O) groups excluding carboxylic acids is 1. The Hall–Kier alpha value is -2.55. The van der Waals surface area contributed by atoms with Crippen LogP contribution in [0, 0.1) is 0 Å². The van der Waals surface area contributed by atoms with Gasteiger partial charge in [0, 0.05) is 29.8 Å². The molecule has 0 radical (unpaired) electrons. The number of nitrogens with zero attached hydrogens (tertiary/aromatic N) is 2. The number of aromatic amines is 1. The minimum atomic E-state index is -4.72. The second-order valence-electron chi connectivity index (χ2n) is 8.80. The Labute approximate surface area is 179 Å². The van der Waals surface area contributed by atoms with E-state index in [1.807, 2.05) is 26.8 Å². The molecule has 1 N–H and O–H groups in total. The van der Waals surface area contributed by atoms with E-state index in [9.17, 15) is 18.0 Å². The highest BCUT2D eigenvalue weighted by Crippen LogP contribution is 2.38. The number of alkyl halides is 3. The van der Waals surface area contributed by atoms with E-state index in [0.717, 1.165) is 25.2 Å². The average molecular weight is 439 g/mol. The molecule has 0 aliphatic carbocycles. The molecule has 0 amide bonds. The van der Waals surface area contributed by atoms with Gasteiger partial charge in [0.2, 0.25) is 0 Å². The summed E-state index contributed by atoms with van der Waals surface area (Å²) < 4.78 is 46.4. The maximum Gasteiger partial charge on any atom is 0.573 e. The predicted molar refractivity (Wildman–Crippen MR) is 110 cm³/mol. The van der Waals surface area contributed by atoms with E-state index >= 15 is 0 Å². The molecule has 2 aliphatic heterocycles. The molecule has 0 saturated carbocycles. The third-order valence-electron chi connectivity index (χ3n) is 5.34. The smallest absolute Gasteiger partial charge is 0.462 e. The molecule has 2 aliphatic rings. The number of aromatic nitrogens is 2. The van der Waals surface area contributed by atoms with Crippen LogP contribution in [0.4, 0.5) is 13.2 Å². The molecule has 0 bridgehead atoms. The molecule has 4 rings (SSSR count). The van der Waals surface area contributed by atoms with Gasteiger partial charge in [-0.25, -0.2) is 0 Å². The zero-order valence-corrected chi connectivity index (χ0v) is 17.9. The van der Waals surface area contributed by atoms with Crippen molar-refractivity contribution in [1.29, 1.82) is 0 Å². The molecule has 2 atom stereocenters. The second kappa shape index (κ2) is 9.30. The average Bonchev–Trinajstić information content (AvgIpc) is 3.36. The summed E-state index contributed by atoms with van der Waals surface area (Å²) >= 11 is 0. The lowest BCUT2D eigenvalue weighted by molar-refractivity contribution is -0.274. The number of H-pyrrole nitrogens is 1. The number of carbonyl (C=O) groups is 1. The molecule has 1 aromatic carbocycles. The Morgan fingerprint density at radius 2 is 1.97 bits per heavy atom. The van der Waals surface area contributed by atoms with Crippen LogP contribution in [0.1, 0.15) is 51.6 Å². The van der Waals surface area contributed by atoms with Crippen molar-refractivity contribution in [1.82, 2.24) is 15.1 Å². The van der Waals surface area contributed by atoms with Gasteiger partial charge in [-0.2, -0.15) is 5.10 Å². The minimum Gasteiger partial charge on any atom is -0.462 e. The molecule has 0 spiro atoms. The lowest BCUT2D eigenvalue weighted by atomic mass is 9.99. The van der Waals surface area contributed by atoms with Gasteiger partial charge >= 0.3 is 6.36 Å². The summed E-state index contributed by atoms with van der Waals surface area (Å²) in [5, 5.41) is 7.24. The number of rotatable bonds is 4. The van der Waals surface area contributed by atoms with Crippen molar-refractivity contribution in [2.75, 3.05) is 13.1 Å². The van der Waals surface area contributed by atoms with Gasteiger partial charge in [0.05, 0.1) is 5.69 Å². The largest absolute Gasteiger partial charge is 0.573 e. The number of ether oxygens (including phenoxy) is 2. The molecule has 9 heteroatoms. The highest BCUT2D eigenvalue weighted by atomic mass is 19.4. The first-order chi connectivity index (χ1) is 14.6. The first-order valence-corrected chi connectivity index (χ1v) is 10.3. The number of benzene rings is 1. The van der Waals surface area contributed by atoms with Crippen molar-refractivity contribution in [2.45, 2.75) is 64.0 Å². The molecular formula is C22H28F3N3O3. The monoisotopic (exact) mass is 439 g/mol. The van der Waals surface area contributed by atoms with Crippen LogP contribution in [-0.2, 0) is 9.53 Å². The van der Waals surface area contributed by atoms with Crippen molar-refractivity contribution in [3.05, 3.63) is 36.0 Å². The molecule has 2 aromatic rings. The maximum absolute atomic E-state index is 12.6. The highest BCUT2D eigenvalue weighted by Gasteiger charge is 2.37. The fraction of sp³-hybridized carbons (Fsp3) is 0.545. The molecule has 3 heterocycles. The fourth-order valence-corrected chi connectivity index (χ4v) is 4.03. The molecule has 170 valence electrons. The minimum absolute atomic E-state index is 0.227. The van der Waals surface area contributed by atoms with Crippen LogP contribution in [0.15, 0.2) is 30.3 Å². The van der Waals surface area contributed by atoms with Crippen molar-refractivity contribution < 1.29 is 27.4 Å². The van der Waals surface area contributed by atoms with Crippen LogP contribution < -0.4 is 4.74 Å². The van der Waals surface area contributed by atoms with Crippen molar-refractivity contribution in [3.8, 4) is 17.0 Å². The quantitative estimate of drug-likeness (QED) is 0.688. The summed E-state index contributed by atoms with van der Waals surface area (Å²) in [5.41, 5.74) is 1.50. The molecular weight excluding hydrogens is 411 g/mol. The number of para-hydroxylation sites is 1. The summed E-state index contributed by atoms with van der Waals surface area (Å²) in [5.74, 6) is 0.141. The van der Waals surface area contributed by atoms with Crippen LogP contribution in [0.5, 0.6) is 5.75 Å². The summed E-state index contributed by atoms with van der Waals surface area (Å²) in [7, 11) is 0. The highest BCUT2D eigenvalue weighted by molar-refractivity contribution is 5.67. The summed E-state index contributed by atoms with van der Waals surface area (Å²) in [6.45, 7) is 8.06. The molecule has 6 nitrogen and oxygen atoms in total. The van der Waals surface area contributed by atoms with Crippen LogP contribution in [0.2, 0.25) is 0 Å². The Kier molecular flexibility index (Phi) is 6.93. The van der Waals surface area contributed by atoms with Gasteiger partial charge in [-0.3, -0.25) is 14.8 Å². The van der Waals surface area contributed by atoms with Gasteiger partial charge in [-0.1, -0.05) is 12.1 Å². The summed E-state index contributed by atoms with van der Waals surface area (Å²) in [6.07, 6.45) is -1.14. The van der Waals surface area contributed by atoms with E-state index in [-0.39, 0.29) is 11.4 Å². The SMILES string of the molecule is CC(C)(C)OC=O.FC(F)(F)Oc1ccccc1-c1cc(C2CC3CCCN3C2)[nH]n1. The Morgan fingerprint density at radius 3 is 2.58 bits per heavy atom. The van der Waals surface area contributed by atoms with E-state index in [0.29, 0.717) is 29.7 Å². The van der Waals surface area contributed by atoms with E-state index < -0.39 is 6.36 Å². The third kappa shape index (κ3) is 6.46. The number of fused-ring (bicyclic) bond motifs is 1. The normalized spacial score (nSPS) is 21.2. The standard InChI is InChI=1S/C17H18F3N3O.C5H10O2/c18-17(19,20)24-16-6-2-1-5-13(16)15-9-14(21-22-15)11-8-12-4-3-7-23(12)10-11;1-5(2,3)7-4-6/h1-2,5-6,9,11-12H,3-4,7-8,10H2,(H,21,22);4H,1-3H3. The molecule has 2 fully saturated rings. The van der Waals surface area contributed by atoms with E-state index in [2.05, 4.69) is 24.6 Å². The molecule has 31 heavy (non-hydrogen) atoms. The predicted octanol–water partition coefficient (Wildman–Crippen LogP) is 4.88. The van der Waals surface area contributed by atoms with Crippen LogP contribution >= 0.6 is 0 Å². The van der Waals surface area contributed by atoms with Crippen molar-refractivity contribution in [3.63, 3.8) is 0 Å². The maximum atomic E-state index is 12.6. The van der Waals surface area contributed by atoms with E-state index in [1.165, 1.54) is 25.0 Å². The van der Waals surface area contributed by atoms with Crippen LogP contribution in [0.25, 0.3) is 11.3 Å². The summed E-state index contributed by atoms with van der Waals surface area (Å²) in [6, 6.07) is 8.59. The Balaban J connectivity index is 0.000000339. The lowest BCUT2D eigenvalue weighted by Crippen LogP contribution is -2.22. The first-order valence-electron chi connectivity index (χ1n) is 10.3. The van der Waals surface area contributed by atoms with Gasteiger partial charge in [0.15, 0.2) is 0 Å². The zero-order chi connectivity index (χ0) is 22.6. The third-order valence-corrected chi connectivity index (χ3v) is 5.34. The fourth-order valence-electron chi connectivity index (χ4n) is 4.03. The second-order valence-corrected chi connectivity index (χ2v) is 8.80. The first kappa shape index (κ1) is 23.1. The van der Waals surface area contributed by atoms with Gasteiger partial charge in [-0.15, -0.1) is 13.2 Å². The van der Waals surface area contributed by atoms with Crippen molar-refractivity contribution in [2.24, 2.45) is 0 Å². The van der Waals surface area contributed by atoms with Crippen LogP contribution in [0.3, 0.4) is 0 Å². The van der Waals surface area contributed by atoms with E-state index in [1.54, 1.807) is 12.1 Å². The number of hydrogen-bond donors (Lipinski definition) is 1. The number of nitrogens with one attached hydrogen (secondary N) is 1. The lowest BCUT2D eigenvalue weighted by Gasteiger charge is -2.14. The molecule has 2 unspecified atom stereocenters. The van der Waals surface area contributed by atoms with Crippen molar-refractivity contribution >= 4 is 6.47 Å². The number of hydrogen-bond acceptors (Lipinski definition) is 5.